The first kappa shape index (κ1) is 27.9. The van der Waals surface area contributed by atoms with Gasteiger partial charge in [0.1, 0.15) is 11.5 Å². The van der Waals surface area contributed by atoms with Gasteiger partial charge in [-0.3, -0.25) is 0 Å². The zero-order chi connectivity index (χ0) is 31.1. The topological polar surface area (TPSA) is 9.23 Å². The average molecular weight is 591 g/mol. The molecule has 0 unspecified atom stereocenters. The molecule has 0 saturated carbocycles. The SMILES string of the molecule is CC1(C)c2ccccc2Oc2c(-c3ccc(-c4cc(-c5ccccc5)cc(-c5ccccc5)c4-c4ccccc4)cc3)cccc21. The Balaban J connectivity index is 1.30. The Labute approximate surface area is 271 Å². The Kier molecular flexibility index (Phi) is 6.88. The van der Waals surface area contributed by atoms with E-state index in [0.29, 0.717) is 0 Å². The van der Waals surface area contributed by atoms with Gasteiger partial charge in [-0.1, -0.05) is 166 Å². The summed E-state index contributed by atoms with van der Waals surface area (Å²) in [5.41, 5.74) is 14.2. The van der Waals surface area contributed by atoms with Gasteiger partial charge in [-0.25, -0.2) is 0 Å². The van der Waals surface area contributed by atoms with Gasteiger partial charge in [-0.2, -0.15) is 0 Å². The van der Waals surface area contributed by atoms with Crippen LogP contribution < -0.4 is 4.74 Å². The minimum atomic E-state index is -0.156. The molecule has 0 spiro atoms. The zero-order valence-corrected chi connectivity index (χ0v) is 26.1. The molecule has 8 rings (SSSR count). The largest absolute Gasteiger partial charge is 0.456 e. The van der Waals surface area contributed by atoms with Gasteiger partial charge in [0.05, 0.1) is 0 Å². The van der Waals surface area contributed by atoms with Crippen LogP contribution in [0.15, 0.2) is 170 Å². The van der Waals surface area contributed by atoms with E-state index in [1.165, 1.54) is 55.6 Å². The third kappa shape index (κ3) is 4.82. The van der Waals surface area contributed by atoms with Crippen LogP contribution in [0.3, 0.4) is 0 Å². The molecule has 0 amide bonds. The van der Waals surface area contributed by atoms with Crippen LogP contribution in [-0.4, -0.2) is 0 Å². The minimum Gasteiger partial charge on any atom is -0.456 e. The minimum absolute atomic E-state index is 0.156. The van der Waals surface area contributed by atoms with E-state index in [1.807, 2.05) is 0 Å². The molecule has 1 heterocycles. The van der Waals surface area contributed by atoms with Gasteiger partial charge >= 0.3 is 0 Å². The maximum absolute atomic E-state index is 6.62. The van der Waals surface area contributed by atoms with Crippen molar-refractivity contribution in [2.24, 2.45) is 0 Å². The van der Waals surface area contributed by atoms with E-state index < -0.39 is 0 Å². The third-order valence-corrected chi connectivity index (χ3v) is 9.36. The summed E-state index contributed by atoms with van der Waals surface area (Å²) in [6, 6.07) is 60.8. The normalized spacial score (nSPS) is 12.9. The summed E-state index contributed by atoms with van der Waals surface area (Å²) in [7, 11) is 0. The van der Waals surface area contributed by atoms with Crippen molar-refractivity contribution in [3.05, 3.63) is 181 Å². The van der Waals surface area contributed by atoms with Crippen molar-refractivity contribution in [2.75, 3.05) is 0 Å². The molecule has 0 saturated heterocycles. The van der Waals surface area contributed by atoms with Crippen LogP contribution in [0.4, 0.5) is 0 Å². The van der Waals surface area contributed by atoms with Gasteiger partial charge in [0.25, 0.3) is 0 Å². The molecule has 0 bridgehead atoms. The molecular formula is C45H34O. The summed E-state index contributed by atoms with van der Waals surface area (Å²) >= 11 is 0. The summed E-state index contributed by atoms with van der Waals surface area (Å²) in [5, 5.41) is 0. The molecule has 1 aliphatic heterocycles. The van der Waals surface area contributed by atoms with E-state index in [0.717, 1.165) is 22.6 Å². The third-order valence-electron chi connectivity index (χ3n) is 9.36. The van der Waals surface area contributed by atoms with E-state index in [9.17, 15) is 0 Å². The number of benzene rings is 7. The highest BCUT2D eigenvalue weighted by molar-refractivity contribution is 5.98. The predicted molar refractivity (Wildman–Crippen MR) is 192 cm³/mol. The standard InChI is InChI=1S/C45H34O/c1-45(2)40-22-12-13-24-42(40)46-44-37(21-14-23-41(44)45)33-25-27-34(28-26-33)39-30-36(31-15-6-3-7-16-31)29-38(32-17-8-4-9-18-32)43(39)35-19-10-5-11-20-35/h3-30H,1-2H3. The second-order valence-corrected chi connectivity index (χ2v) is 12.5. The molecule has 1 nitrogen and oxygen atoms in total. The van der Waals surface area contributed by atoms with Crippen LogP contribution in [0.1, 0.15) is 25.0 Å². The van der Waals surface area contributed by atoms with Gasteiger partial charge in [0, 0.05) is 22.1 Å². The lowest BCUT2D eigenvalue weighted by Gasteiger charge is -2.35. The van der Waals surface area contributed by atoms with Gasteiger partial charge in [0.2, 0.25) is 0 Å². The van der Waals surface area contributed by atoms with Crippen LogP contribution in [0.5, 0.6) is 11.5 Å². The summed E-state index contributed by atoms with van der Waals surface area (Å²) in [4.78, 5) is 0. The van der Waals surface area contributed by atoms with Crippen molar-refractivity contribution in [3.8, 4) is 67.1 Å². The molecular weight excluding hydrogens is 556 g/mol. The van der Waals surface area contributed by atoms with E-state index in [-0.39, 0.29) is 5.41 Å². The van der Waals surface area contributed by atoms with E-state index in [1.54, 1.807) is 0 Å². The van der Waals surface area contributed by atoms with Crippen molar-refractivity contribution in [3.63, 3.8) is 0 Å². The Hall–Kier alpha value is -5.66. The first-order valence-electron chi connectivity index (χ1n) is 15.9. The number of hydrogen-bond acceptors (Lipinski definition) is 1. The highest BCUT2D eigenvalue weighted by Crippen LogP contribution is 2.51. The molecule has 0 fully saturated rings. The van der Waals surface area contributed by atoms with Gasteiger partial charge in [0.15, 0.2) is 0 Å². The maximum Gasteiger partial charge on any atom is 0.139 e. The fourth-order valence-electron chi connectivity index (χ4n) is 6.95. The molecule has 0 aliphatic carbocycles. The fraction of sp³-hybridized carbons (Fsp3) is 0.0667. The van der Waals surface area contributed by atoms with E-state index in [2.05, 4.69) is 184 Å². The summed E-state index contributed by atoms with van der Waals surface area (Å²) in [6.45, 7) is 4.57. The maximum atomic E-state index is 6.62. The van der Waals surface area contributed by atoms with Crippen LogP contribution in [-0.2, 0) is 5.41 Å². The molecule has 0 N–H and O–H groups in total. The van der Waals surface area contributed by atoms with Crippen molar-refractivity contribution in [1.82, 2.24) is 0 Å². The first-order valence-corrected chi connectivity index (χ1v) is 15.9. The molecule has 46 heavy (non-hydrogen) atoms. The number of hydrogen-bond donors (Lipinski definition) is 0. The lowest BCUT2D eigenvalue weighted by atomic mass is 9.75. The molecule has 0 radical (unpaired) electrons. The Morgan fingerprint density at radius 3 is 1.48 bits per heavy atom. The fourth-order valence-corrected chi connectivity index (χ4v) is 6.95. The van der Waals surface area contributed by atoms with Crippen molar-refractivity contribution in [2.45, 2.75) is 19.3 Å². The Morgan fingerprint density at radius 2 is 0.848 bits per heavy atom. The molecule has 0 aromatic heterocycles. The van der Waals surface area contributed by atoms with Crippen molar-refractivity contribution < 1.29 is 4.74 Å². The number of para-hydroxylation sites is 2. The second-order valence-electron chi connectivity index (χ2n) is 12.5. The number of fused-ring (bicyclic) bond motifs is 2. The molecule has 1 aliphatic rings. The van der Waals surface area contributed by atoms with Gasteiger partial charge in [-0.15, -0.1) is 0 Å². The van der Waals surface area contributed by atoms with Crippen molar-refractivity contribution in [1.29, 1.82) is 0 Å². The van der Waals surface area contributed by atoms with Gasteiger partial charge < -0.3 is 4.74 Å². The molecule has 7 aromatic rings. The zero-order valence-electron chi connectivity index (χ0n) is 26.1. The van der Waals surface area contributed by atoms with E-state index >= 15 is 0 Å². The summed E-state index contributed by atoms with van der Waals surface area (Å²) in [5.74, 6) is 1.88. The highest BCUT2D eigenvalue weighted by atomic mass is 16.5. The van der Waals surface area contributed by atoms with E-state index in [4.69, 9.17) is 4.74 Å². The molecule has 220 valence electrons. The highest BCUT2D eigenvalue weighted by Gasteiger charge is 2.35. The molecule has 7 aromatic carbocycles. The molecule has 1 heteroatoms. The Morgan fingerprint density at radius 1 is 0.370 bits per heavy atom. The average Bonchev–Trinajstić information content (AvgIpc) is 3.12. The van der Waals surface area contributed by atoms with Crippen LogP contribution in [0.2, 0.25) is 0 Å². The lowest BCUT2D eigenvalue weighted by Crippen LogP contribution is -2.24. The Bertz CT molecular complexity index is 2160. The lowest BCUT2D eigenvalue weighted by molar-refractivity contribution is 0.419. The monoisotopic (exact) mass is 590 g/mol. The van der Waals surface area contributed by atoms with Crippen molar-refractivity contribution >= 4 is 0 Å². The quantitative estimate of drug-likeness (QED) is 0.194. The smallest absolute Gasteiger partial charge is 0.139 e. The number of rotatable bonds is 5. The first-order chi connectivity index (χ1) is 22.6. The predicted octanol–water partition coefficient (Wildman–Crippen LogP) is 12.5. The van der Waals surface area contributed by atoms with Gasteiger partial charge in [-0.05, 0) is 68.3 Å². The van der Waals surface area contributed by atoms with Crippen LogP contribution in [0, 0.1) is 0 Å². The molecule has 0 atom stereocenters. The summed E-state index contributed by atoms with van der Waals surface area (Å²) < 4.78 is 6.62. The second kappa shape index (κ2) is 11.4. The van der Waals surface area contributed by atoms with Crippen LogP contribution >= 0.6 is 0 Å². The summed E-state index contributed by atoms with van der Waals surface area (Å²) in [6.07, 6.45) is 0. The number of ether oxygens (including phenoxy) is 1. The van der Waals surface area contributed by atoms with Crippen LogP contribution in [0.25, 0.3) is 55.6 Å².